The number of amides is 2. The van der Waals surface area contributed by atoms with Gasteiger partial charge in [-0.15, -0.1) is 0 Å². The van der Waals surface area contributed by atoms with Gasteiger partial charge < -0.3 is 10.6 Å². The summed E-state index contributed by atoms with van der Waals surface area (Å²) in [5.41, 5.74) is 2.69. The summed E-state index contributed by atoms with van der Waals surface area (Å²) < 4.78 is 0. The molecule has 0 radical (unpaired) electrons. The molecule has 2 amide bonds. The molecule has 2 aromatic rings. The van der Waals surface area contributed by atoms with Crippen molar-refractivity contribution in [2.24, 2.45) is 0 Å². The molecule has 0 aliphatic rings. The Morgan fingerprint density at radius 2 is 1.52 bits per heavy atom. The zero-order valence-electron chi connectivity index (χ0n) is 14.8. The second kappa shape index (κ2) is 9.59. The molecule has 0 fully saturated rings. The lowest BCUT2D eigenvalue weighted by atomic mass is 10.2. The molecule has 2 rings (SSSR count). The third-order valence-corrected chi connectivity index (χ3v) is 3.84. The molecule has 0 heterocycles. The van der Waals surface area contributed by atoms with Crippen LogP contribution in [0.1, 0.15) is 25.8 Å². The number of carbonyl (C=O) groups is 2. The Morgan fingerprint density at radius 3 is 2.08 bits per heavy atom. The molecule has 0 bridgehead atoms. The van der Waals surface area contributed by atoms with Crippen LogP contribution in [0.15, 0.2) is 54.6 Å². The number of nitrogens with one attached hydrogen (secondary N) is 2. The van der Waals surface area contributed by atoms with Crippen LogP contribution in [0.5, 0.6) is 0 Å². The van der Waals surface area contributed by atoms with E-state index in [4.69, 9.17) is 0 Å². The van der Waals surface area contributed by atoms with Gasteiger partial charge in [0.25, 0.3) is 0 Å². The summed E-state index contributed by atoms with van der Waals surface area (Å²) in [5.74, 6) is -0.131. The number of nitrogens with zero attached hydrogens (tertiary/aromatic N) is 1. The predicted octanol–water partition coefficient (Wildman–Crippen LogP) is 3.50. The Balaban J connectivity index is 1.79. The highest BCUT2D eigenvalue weighted by Crippen LogP contribution is 2.14. The number of hydrogen-bond donors (Lipinski definition) is 2. The molecule has 5 heteroatoms. The molecule has 25 heavy (non-hydrogen) atoms. The molecule has 132 valence electrons. The lowest BCUT2D eigenvalue weighted by Crippen LogP contribution is -2.27. The van der Waals surface area contributed by atoms with Crippen molar-refractivity contribution in [2.45, 2.75) is 26.8 Å². The first-order chi connectivity index (χ1) is 12.1. The smallest absolute Gasteiger partial charge is 0.225 e. The van der Waals surface area contributed by atoms with E-state index in [-0.39, 0.29) is 11.8 Å². The fourth-order valence-electron chi connectivity index (χ4n) is 2.51. The van der Waals surface area contributed by atoms with Gasteiger partial charge in [-0.05, 0) is 36.4 Å². The monoisotopic (exact) mass is 339 g/mol. The first kappa shape index (κ1) is 18.7. The number of benzene rings is 2. The van der Waals surface area contributed by atoms with Crippen LogP contribution in [-0.2, 0) is 16.1 Å². The van der Waals surface area contributed by atoms with Gasteiger partial charge in [0.2, 0.25) is 11.8 Å². The Bertz CT molecular complexity index is 684. The van der Waals surface area contributed by atoms with E-state index in [2.05, 4.69) is 34.6 Å². The van der Waals surface area contributed by atoms with Gasteiger partial charge in [-0.2, -0.15) is 0 Å². The average molecular weight is 339 g/mol. The molecule has 0 atom stereocenters. The highest BCUT2D eigenvalue weighted by molar-refractivity contribution is 5.92. The van der Waals surface area contributed by atoms with Gasteiger partial charge in [0.1, 0.15) is 0 Å². The zero-order chi connectivity index (χ0) is 18.1. The molecule has 0 aromatic heterocycles. The van der Waals surface area contributed by atoms with Crippen molar-refractivity contribution in [2.75, 3.05) is 23.7 Å². The van der Waals surface area contributed by atoms with Gasteiger partial charge in [-0.25, -0.2) is 0 Å². The van der Waals surface area contributed by atoms with Crippen LogP contribution < -0.4 is 10.6 Å². The van der Waals surface area contributed by atoms with Gasteiger partial charge in [0.05, 0.1) is 0 Å². The van der Waals surface area contributed by atoms with Crippen molar-refractivity contribution in [3.63, 3.8) is 0 Å². The first-order valence-corrected chi connectivity index (χ1v) is 8.50. The quantitative estimate of drug-likeness (QED) is 0.774. The normalized spacial score (nSPS) is 10.5. The fourth-order valence-corrected chi connectivity index (χ4v) is 2.51. The van der Waals surface area contributed by atoms with Gasteiger partial charge in [-0.1, -0.05) is 37.3 Å². The zero-order valence-corrected chi connectivity index (χ0v) is 14.8. The molecular weight excluding hydrogens is 314 g/mol. The van der Waals surface area contributed by atoms with Crippen molar-refractivity contribution >= 4 is 23.2 Å². The van der Waals surface area contributed by atoms with Crippen LogP contribution in [0.2, 0.25) is 0 Å². The van der Waals surface area contributed by atoms with E-state index >= 15 is 0 Å². The number of hydrogen-bond acceptors (Lipinski definition) is 3. The molecule has 0 saturated carbocycles. The number of carbonyl (C=O) groups excluding carboxylic acids is 2. The number of rotatable bonds is 8. The van der Waals surface area contributed by atoms with Crippen molar-refractivity contribution in [3.8, 4) is 0 Å². The van der Waals surface area contributed by atoms with Gasteiger partial charge in [0.15, 0.2) is 0 Å². The Labute approximate surface area is 149 Å². The van der Waals surface area contributed by atoms with E-state index < -0.39 is 0 Å². The topological polar surface area (TPSA) is 61.4 Å². The van der Waals surface area contributed by atoms with Gasteiger partial charge in [-0.3, -0.25) is 14.5 Å². The molecule has 2 aromatic carbocycles. The van der Waals surface area contributed by atoms with Crippen LogP contribution in [0.25, 0.3) is 0 Å². The largest absolute Gasteiger partial charge is 0.326 e. The second-order valence-corrected chi connectivity index (χ2v) is 5.91. The fraction of sp³-hybridized carbons (Fsp3) is 0.300. The number of anilines is 2. The van der Waals surface area contributed by atoms with Gasteiger partial charge in [0, 0.05) is 37.8 Å². The molecule has 0 aliphatic carbocycles. The molecular formula is C20H25N3O2. The maximum Gasteiger partial charge on any atom is 0.225 e. The lowest BCUT2D eigenvalue weighted by Gasteiger charge is -2.20. The van der Waals surface area contributed by atoms with Crippen LogP contribution >= 0.6 is 0 Å². The minimum absolute atomic E-state index is 0.0150. The van der Waals surface area contributed by atoms with Crippen molar-refractivity contribution in [3.05, 3.63) is 60.2 Å². The summed E-state index contributed by atoms with van der Waals surface area (Å²) in [7, 11) is 0. The summed E-state index contributed by atoms with van der Waals surface area (Å²) in [6.07, 6.45) is 0.439. The molecule has 0 aliphatic heterocycles. The summed E-state index contributed by atoms with van der Waals surface area (Å²) in [6, 6.07) is 17.4. The summed E-state index contributed by atoms with van der Waals surface area (Å²) in [5, 5.41) is 5.59. The lowest BCUT2D eigenvalue weighted by molar-refractivity contribution is -0.116. The first-order valence-electron chi connectivity index (χ1n) is 8.50. The van der Waals surface area contributed by atoms with E-state index in [1.165, 1.54) is 12.5 Å². The molecule has 5 nitrogen and oxygen atoms in total. The Hall–Kier alpha value is -2.66. The second-order valence-electron chi connectivity index (χ2n) is 5.91. The maximum absolute atomic E-state index is 12.1. The average Bonchev–Trinajstić information content (AvgIpc) is 2.60. The standard InChI is InChI=1S/C20H25N3O2/c1-3-23(15-17-7-5-4-6-8-17)14-13-20(25)22-19-11-9-18(10-12-19)21-16(2)24/h4-12H,3,13-15H2,1-2H3,(H,21,24)(H,22,25). The van der Waals surface area contributed by atoms with Crippen LogP contribution in [0.4, 0.5) is 11.4 Å². The molecule has 2 N–H and O–H groups in total. The third kappa shape index (κ3) is 6.77. The van der Waals surface area contributed by atoms with Crippen molar-refractivity contribution in [1.29, 1.82) is 0 Å². The minimum atomic E-state index is -0.116. The summed E-state index contributed by atoms with van der Waals surface area (Å²) >= 11 is 0. The molecule has 0 unspecified atom stereocenters. The SMILES string of the molecule is CCN(CCC(=O)Nc1ccc(NC(C)=O)cc1)Cc1ccccc1. The van der Waals surface area contributed by atoms with E-state index in [1.807, 2.05) is 18.2 Å². The third-order valence-electron chi connectivity index (χ3n) is 3.84. The predicted molar refractivity (Wildman–Crippen MR) is 101 cm³/mol. The highest BCUT2D eigenvalue weighted by Gasteiger charge is 2.08. The van der Waals surface area contributed by atoms with Crippen LogP contribution in [0.3, 0.4) is 0 Å². The summed E-state index contributed by atoms with van der Waals surface area (Å²) in [4.78, 5) is 25.4. The van der Waals surface area contributed by atoms with Crippen LogP contribution in [-0.4, -0.2) is 29.8 Å². The minimum Gasteiger partial charge on any atom is -0.326 e. The highest BCUT2D eigenvalue weighted by atomic mass is 16.2. The summed E-state index contributed by atoms with van der Waals surface area (Å²) in [6.45, 7) is 6.01. The Kier molecular flexibility index (Phi) is 7.16. The molecule has 0 saturated heterocycles. The van der Waals surface area contributed by atoms with E-state index in [1.54, 1.807) is 24.3 Å². The van der Waals surface area contributed by atoms with E-state index in [0.29, 0.717) is 18.7 Å². The van der Waals surface area contributed by atoms with E-state index in [0.717, 1.165) is 18.8 Å². The molecule has 0 spiro atoms. The van der Waals surface area contributed by atoms with E-state index in [9.17, 15) is 9.59 Å². The maximum atomic E-state index is 12.1. The Morgan fingerprint density at radius 1 is 0.920 bits per heavy atom. The van der Waals surface area contributed by atoms with Crippen molar-refractivity contribution in [1.82, 2.24) is 4.90 Å². The van der Waals surface area contributed by atoms with Crippen LogP contribution in [0, 0.1) is 0 Å². The van der Waals surface area contributed by atoms with Gasteiger partial charge >= 0.3 is 0 Å². The van der Waals surface area contributed by atoms with Crippen molar-refractivity contribution < 1.29 is 9.59 Å².